The highest BCUT2D eigenvalue weighted by molar-refractivity contribution is 5.71. The van der Waals surface area contributed by atoms with Crippen LogP contribution in [0.1, 0.15) is 11.3 Å². The van der Waals surface area contributed by atoms with Gasteiger partial charge in [-0.15, -0.1) is 0 Å². The number of aromatic nitrogens is 2. The second-order valence-electron chi connectivity index (χ2n) is 5.36. The molecule has 3 aromatic rings. The van der Waals surface area contributed by atoms with Crippen molar-refractivity contribution in [2.45, 2.75) is 12.8 Å². The standard InChI is InChI=1S/C17H13N3O2/c21-20(22)14-8-6-13(7-9-14)19-11-16-15-4-2-1-3-12(15)5-10-17(16)18-19/h1-4,6-9,11H,5,10H2. The summed E-state index contributed by atoms with van der Waals surface area (Å²) in [7, 11) is 0. The Morgan fingerprint density at radius 3 is 2.55 bits per heavy atom. The van der Waals surface area contributed by atoms with Gasteiger partial charge in [-0.1, -0.05) is 24.3 Å². The molecule has 5 heteroatoms. The zero-order chi connectivity index (χ0) is 15.1. The van der Waals surface area contributed by atoms with Crippen molar-refractivity contribution >= 4 is 5.69 Å². The van der Waals surface area contributed by atoms with Crippen LogP contribution in [-0.4, -0.2) is 14.7 Å². The van der Waals surface area contributed by atoms with Gasteiger partial charge in [-0.25, -0.2) is 4.68 Å². The number of benzene rings is 2. The Labute approximate surface area is 127 Å². The second-order valence-corrected chi connectivity index (χ2v) is 5.36. The molecular weight excluding hydrogens is 278 g/mol. The highest BCUT2D eigenvalue weighted by Gasteiger charge is 2.19. The van der Waals surface area contributed by atoms with Crippen LogP contribution >= 0.6 is 0 Å². The molecule has 0 radical (unpaired) electrons. The minimum Gasteiger partial charge on any atom is -0.258 e. The third kappa shape index (κ3) is 1.98. The first-order valence-electron chi connectivity index (χ1n) is 7.14. The molecule has 1 aliphatic carbocycles. The van der Waals surface area contributed by atoms with E-state index in [4.69, 9.17) is 0 Å². The van der Waals surface area contributed by atoms with Crippen molar-refractivity contribution in [3.63, 3.8) is 0 Å². The van der Waals surface area contributed by atoms with Gasteiger partial charge in [0.25, 0.3) is 5.69 Å². The van der Waals surface area contributed by atoms with E-state index >= 15 is 0 Å². The topological polar surface area (TPSA) is 61.0 Å². The number of aryl methyl sites for hydroxylation is 2. The van der Waals surface area contributed by atoms with Crippen LogP contribution in [0, 0.1) is 10.1 Å². The number of rotatable bonds is 2. The van der Waals surface area contributed by atoms with E-state index in [0.29, 0.717) is 0 Å². The van der Waals surface area contributed by atoms with Crippen LogP contribution in [0.2, 0.25) is 0 Å². The predicted molar refractivity (Wildman–Crippen MR) is 83.1 cm³/mol. The first kappa shape index (κ1) is 12.8. The van der Waals surface area contributed by atoms with Crippen molar-refractivity contribution < 1.29 is 4.92 Å². The lowest BCUT2D eigenvalue weighted by Gasteiger charge is -2.13. The quantitative estimate of drug-likeness (QED) is 0.536. The van der Waals surface area contributed by atoms with Crippen molar-refractivity contribution in [1.82, 2.24) is 9.78 Å². The third-order valence-corrected chi connectivity index (χ3v) is 4.05. The summed E-state index contributed by atoms with van der Waals surface area (Å²) in [5.41, 5.74) is 5.73. The van der Waals surface area contributed by atoms with Crippen LogP contribution in [0.5, 0.6) is 0 Å². The average molecular weight is 291 g/mol. The van der Waals surface area contributed by atoms with Gasteiger partial charge in [0.1, 0.15) is 0 Å². The molecule has 0 spiro atoms. The van der Waals surface area contributed by atoms with Crippen molar-refractivity contribution in [3.05, 3.63) is 76.1 Å². The lowest BCUT2D eigenvalue weighted by atomic mass is 9.90. The largest absolute Gasteiger partial charge is 0.269 e. The van der Waals surface area contributed by atoms with E-state index in [2.05, 4.69) is 23.3 Å². The molecule has 0 atom stereocenters. The summed E-state index contributed by atoms with van der Waals surface area (Å²) in [5.74, 6) is 0. The summed E-state index contributed by atoms with van der Waals surface area (Å²) >= 11 is 0. The molecule has 0 N–H and O–H groups in total. The molecule has 0 saturated heterocycles. The number of nitro benzene ring substituents is 1. The fourth-order valence-corrected chi connectivity index (χ4v) is 2.93. The van der Waals surface area contributed by atoms with E-state index in [1.165, 1.54) is 23.3 Å². The molecule has 0 amide bonds. The maximum atomic E-state index is 10.7. The molecule has 0 saturated carbocycles. The van der Waals surface area contributed by atoms with Gasteiger partial charge in [0, 0.05) is 23.9 Å². The lowest BCUT2D eigenvalue weighted by molar-refractivity contribution is -0.384. The number of nitrogens with zero attached hydrogens (tertiary/aromatic N) is 3. The zero-order valence-corrected chi connectivity index (χ0v) is 11.8. The van der Waals surface area contributed by atoms with Crippen molar-refractivity contribution in [3.8, 4) is 16.8 Å². The highest BCUT2D eigenvalue weighted by atomic mass is 16.6. The molecule has 108 valence electrons. The van der Waals surface area contributed by atoms with Gasteiger partial charge in [-0.3, -0.25) is 10.1 Å². The van der Waals surface area contributed by atoms with E-state index in [1.807, 2.05) is 12.3 Å². The average Bonchev–Trinajstić information content (AvgIpc) is 2.99. The van der Waals surface area contributed by atoms with Gasteiger partial charge in [0.2, 0.25) is 0 Å². The summed E-state index contributed by atoms with van der Waals surface area (Å²) in [5, 5.41) is 15.4. The fraction of sp³-hybridized carbons (Fsp3) is 0.118. The van der Waals surface area contributed by atoms with Crippen LogP contribution in [0.25, 0.3) is 16.8 Å². The maximum absolute atomic E-state index is 10.7. The summed E-state index contributed by atoms with van der Waals surface area (Å²) < 4.78 is 1.80. The summed E-state index contributed by atoms with van der Waals surface area (Å²) in [6, 6.07) is 14.8. The molecule has 5 nitrogen and oxygen atoms in total. The minimum absolute atomic E-state index is 0.0889. The Hall–Kier alpha value is -2.95. The normalized spacial score (nSPS) is 12.5. The van der Waals surface area contributed by atoms with Crippen LogP contribution < -0.4 is 0 Å². The molecule has 0 fully saturated rings. The second kappa shape index (κ2) is 4.80. The van der Waals surface area contributed by atoms with Crippen LogP contribution in [0.15, 0.2) is 54.7 Å². The fourth-order valence-electron chi connectivity index (χ4n) is 2.93. The molecule has 1 aliphatic rings. The van der Waals surface area contributed by atoms with E-state index in [9.17, 15) is 10.1 Å². The van der Waals surface area contributed by atoms with E-state index in [-0.39, 0.29) is 5.69 Å². The van der Waals surface area contributed by atoms with Crippen LogP contribution in [-0.2, 0) is 12.8 Å². The third-order valence-electron chi connectivity index (χ3n) is 4.05. The number of hydrogen-bond acceptors (Lipinski definition) is 3. The minimum atomic E-state index is -0.395. The Balaban J connectivity index is 1.77. The number of fused-ring (bicyclic) bond motifs is 3. The van der Waals surface area contributed by atoms with Crippen LogP contribution in [0.3, 0.4) is 0 Å². The first-order valence-corrected chi connectivity index (χ1v) is 7.14. The molecule has 0 bridgehead atoms. The molecule has 0 unspecified atom stereocenters. The van der Waals surface area contributed by atoms with Crippen molar-refractivity contribution in [2.75, 3.05) is 0 Å². The molecule has 1 heterocycles. The summed E-state index contributed by atoms with van der Waals surface area (Å²) in [4.78, 5) is 10.3. The Bertz CT molecular complexity index is 866. The van der Waals surface area contributed by atoms with Gasteiger partial charge in [0.05, 0.1) is 16.3 Å². The SMILES string of the molecule is O=[N+]([O-])c1ccc(-n2cc3c(n2)CCc2ccccc2-3)cc1. The van der Waals surface area contributed by atoms with Gasteiger partial charge in [-0.2, -0.15) is 5.10 Å². The first-order chi connectivity index (χ1) is 10.7. The van der Waals surface area contributed by atoms with E-state index in [0.717, 1.165) is 29.8 Å². The summed E-state index contributed by atoms with van der Waals surface area (Å²) in [6.07, 6.45) is 3.93. The van der Waals surface area contributed by atoms with Crippen molar-refractivity contribution in [1.29, 1.82) is 0 Å². The van der Waals surface area contributed by atoms with Gasteiger partial charge >= 0.3 is 0 Å². The lowest BCUT2D eigenvalue weighted by Crippen LogP contribution is -2.02. The number of non-ortho nitro benzene ring substituents is 1. The Morgan fingerprint density at radius 2 is 1.77 bits per heavy atom. The molecule has 0 aliphatic heterocycles. The number of nitro groups is 1. The maximum Gasteiger partial charge on any atom is 0.269 e. The van der Waals surface area contributed by atoms with Gasteiger partial charge < -0.3 is 0 Å². The Kier molecular flexibility index (Phi) is 2.79. The van der Waals surface area contributed by atoms with Crippen LogP contribution in [0.4, 0.5) is 5.69 Å². The Morgan fingerprint density at radius 1 is 1.00 bits per heavy atom. The molecule has 1 aromatic heterocycles. The molecule has 2 aromatic carbocycles. The summed E-state index contributed by atoms with van der Waals surface area (Å²) in [6.45, 7) is 0. The van der Waals surface area contributed by atoms with E-state index < -0.39 is 4.92 Å². The molecule has 22 heavy (non-hydrogen) atoms. The highest BCUT2D eigenvalue weighted by Crippen LogP contribution is 2.33. The monoisotopic (exact) mass is 291 g/mol. The van der Waals surface area contributed by atoms with Crippen molar-refractivity contribution in [2.24, 2.45) is 0 Å². The van der Waals surface area contributed by atoms with Gasteiger partial charge in [-0.05, 0) is 36.1 Å². The molecular formula is C17H13N3O2. The van der Waals surface area contributed by atoms with E-state index in [1.54, 1.807) is 16.8 Å². The molecule has 4 rings (SSSR count). The van der Waals surface area contributed by atoms with Gasteiger partial charge in [0.15, 0.2) is 0 Å². The predicted octanol–water partition coefficient (Wildman–Crippen LogP) is 3.55. The zero-order valence-electron chi connectivity index (χ0n) is 11.8. The smallest absolute Gasteiger partial charge is 0.258 e. The number of hydrogen-bond donors (Lipinski definition) is 0.